The summed E-state index contributed by atoms with van der Waals surface area (Å²) in [5, 5.41) is 5.37. The summed E-state index contributed by atoms with van der Waals surface area (Å²) in [6.45, 7) is 0. The highest BCUT2D eigenvalue weighted by Gasteiger charge is 2.12. The van der Waals surface area contributed by atoms with Crippen LogP contribution >= 0.6 is 23.4 Å². The molecule has 1 amide bonds. The number of thioether (sulfide) groups is 1. The second kappa shape index (κ2) is 9.12. The normalized spacial score (nSPS) is 10.8. The molecule has 0 bridgehead atoms. The van der Waals surface area contributed by atoms with E-state index in [4.69, 9.17) is 16.6 Å². The van der Waals surface area contributed by atoms with Crippen LogP contribution in [0.15, 0.2) is 90.0 Å². The third-order valence-corrected chi connectivity index (χ3v) is 5.85. The minimum atomic E-state index is -0.108. The van der Waals surface area contributed by atoms with Crippen molar-refractivity contribution < 1.29 is 4.79 Å². The monoisotopic (exact) mass is 418 g/mol. The van der Waals surface area contributed by atoms with Crippen LogP contribution in [0.5, 0.6) is 0 Å². The summed E-state index contributed by atoms with van der Waals surface area (Å²) in [6, 6.07) is 27.7. The van der Waals surface area contributed by atoms with Crippen molar-refractivity contribution in [1.82, 2.24) is 4.98 Å². The molecule has 0 aliphatic rings. The molecule has 5 heteroatoms. The number of pyridine rings is 1. The van der Waals surface area contributed by atoms with Gasteiger partial charge in [0, 0.05) is 11.8 Å². The molecule has 3 aromatic carbocycles. The van der Waals surface area contributed by atoms with Crippen molar-refractivity contribution in [2.75, 3.05) is 11.1 Å². The maximum absolute atomic E-state index is 12.5. The van der Waals surface area contributed by atoms with Gasteiger partial charge in [-0.25, -0.2) is 4.98 Å². The van der Waals surface area contributed by atoms with Gasteiger partial charge in [0.25, 0.3) is 0 Å². The summed E-state index contributed by atoms with van der Waals surface area (Å²) in [7, 11) is 0. The third-order valence-electron chi connectivity index (χ3n) is 4.49. The Morgan fingerprint density at radius 2 is 1.66 bits per heavy atom. The summed E-state index contributed by atoms with van der Waals surface area (Å²) in [6.07, 6.45) is 0.771. The van der Waals surface area contributed by atoms with Gasteiger partial charge in [0.2, 0.25) is 5.91 Å². The first-order valence-electron chi connectivity index (χ1n) is 9.29. The van der Waals surface area contributed by atoms with Crippen molar-refractivity contribution >= 4 is 45.9 Å². The first-order chi connectivity index (χ1) is 14.2. The fraction of sp³-hybridized carbons (Fsp3) is 0.0833. The molecule has 0 saturated carbocycles. The fourth-order valence-electron chi connectivity index (χ4n) is 3.09. The molecule has 1 N–H and O–H groups in total. The number of amides is 1. The Balaban J connectivity index is 1.55. The van der Waals surface area contributed by atoms with Gasteiger partial charge in [-0.2, -0.15) is 0 Å². The minimum absolute atomic E-state index is 0.108. The van der Waals surface area contributed by atoms with Crippen LogP contribution in [0.3, 0.4) is 0 Å². The molecule has 4 aromatic rings. The van der Waals surface area contributed by atoms with Crippen molar-refractivity contribution in [1.29, 1.82) is 0 Å². The molecule has 0 saturated heterocycles. The van der Waals surface area contributed by atoms with Crippen LogP contribution < -0.4 is 5.32 Å². The van der Waals surface area contributed by atoms with Gasteiger partial charge in [-0.1, -0.05) is 84.0 Å². The molecule has 29 heavy (non-hydrogen) atoms. The Kier molecular flexibility index (Phi) is 6.13. The van der Waals surface area contributed by atoms with Crippen molar-refractivity contribution in [2.45, 2.75) is 11.4 Å². The maximum Gasteiger partial charge on any atom is 0.234 e. The highest BCUT2D eigenvalue weighted by Crippen LogP contribution is 2.28. The molecular weight excluding hydrogens is 400 g/mol. The summed E-state index contributed by atoms with van der Waals surface area (Å²) in [5.41, 5.74) is 3.88. The van der Waals surface area contributed by atoms with Gasteiger partial charge in [0.1, 0.15) is 5.03 Å². The van der Waals surface area contributed by atoms with E-state index < -0.39 is 0 Å². The Bertz CT molecular complexity index is 1150. The van der Waals surface area contributed by atoms with E-state index in [1.165, 1.54) is 17.3 Å². The number of rotatable bonds is 6. The van der Waals surface area contributed by atoms with Gasteiger partial charge in [-0.15, -0.1) is 0 Å². The van der Waals surface area contributed by atoms with Crippen LogP contribution in [-0.4, -0.2) is 16.6 Å². The molecule has 0 aliphatic carbocycles. The first kappa shape index (κ1) is 19.5. The third kappa shape index (κ3) is 4.97. The summed E-state index contributed by atoms with van der Waals surface area (Å²) >= 11 is 7.58. The molecule has 0 fully saturated rings. The average Bonchev–Trinajstić information content (AvgIpc) is 2.74. The highest BCUT2D eigenvalue weighted by atomic mass is 35.5. The number of anilines is 1. The van der Waals surface area contributed by atoms with E-state index in [-0.39, 0.29) is 11.7 Å². The number of nitrogens with zero attached hydrogens (tertiary/aromatic N) is 1. The molecular formula is C24H19ClN2OS. The lowest BCUT2D eigenvalue weighted by Crippen LogP contribution is -2.14. The van der Waals surface area contributed by atoms with Gasteiger partial charge in [-0.3, -0.25) is 4.79 Å². The van der Waals surface area contributed by atoms with Crippen LogP contribution in [0, 0.1) is 0 Å². The Labute approximate surface area is 179 Å². The average molecular weight is 419 g/mol. The van der Waals surface area contributed by atoms with E-state index in [0.29, 0.717) is 10.7 Å². The number of aromatic nitrogens is 1. The van der Waals surface area contributed by atoms with Crippen molar-refractivity contribution in [3.63, 3.8) is 0 Å². The second-order valence-corrected chi connectivity index (χ2v) is 8.00. The number of carbonyl (C=O) groups is 1. The van der Waals surface area contributed by atoms with Crippen LogP contribution in [0.2, 0.25) is 5.02 Å². The number of fused-ring (bicyclic) bond motifs is 1. The molecule has 0 aliphatic heterocycles. The largest absolute Gasteiger partial charge is 0.324 e. The maximum atomic E-state index is 12.5. The number of hydrogen-bond donors (Lipinski definition) is 1. The summed E-state index contributed by atoms with van der Waals surface area (Å²) in [5.74, 6) is 0.155. The van der Waals surface area contributed by atoms with Gasteiger partial charge < -0.3 is 5.32 Å². The van der Waals surface area contributed by atoms with Crippen LogP contribution in [0.4, 0.5) is 5.69 Å². The predicted molar refractivity (Wildman–Crippen MR) is 122 cm³/mol. The molecule has 0 atom stereocenters. The number of hydrogen-bond acceptors (Lipinski definition) is 3. The zero-order valence-corrected chi connectivity index (χ0v) is 17.2. The predicted octanol–water partition coefficient (Wildman–Crippen LogP) is 6.21. The lowest BCUT2D eigenvalue weighted by Gasteiger charge is -2.11. The van der Waals surface area contributed by atoms with Gasteiger partial charge in [-0.05, 0) is 35.4 Å². The lowest BCUT2D eigenvalue weighted by molar-refractivity contribution is -0.113. The zero-order valence-electron chi connectivity index (χ0n) is 15.6. The zero-order chi connectivity index (χ0) is 20.1. The second-order valence-electron chi connectivity index (χ2n) is 6.62. The van der Waals surface area contributed by atoms with Crippen molar-refractivity contribution in [2.24, 2.45) is 0 Å². The molecule has 1 heterocycles. The Morgan fingerprint density at radius 3 is 2.48 bits per heavy atom. The SMILES string of the molecule is O=C(CSc1nc2ccccc2cc1Cc1ccccc1)Nc1ccccc1Cl. The van der Waals surface area contributed by atoms with E-state index in [0.717, 1.165) is 27.9 Å². The molecule has 4 rings (SSSR count). The molecule has 0 unspecified atom stereocenters. The summed E-state index contributed by atoms with van der Waals surface area (Å²) < 4.78 is 0. The van der Waals surface area contributed by atoms with E-state index in [1.807, 2.05) is 48.5 Å². The van der Waals surface area contributed by atoms with E-state index >= 15 is 0 Å². The van der Waals surface area contributed by atoms with Crippen molar-refractivity contribution in [3.8, 4) is 0 Å². The number of para-hydroxylation sites is 2. The number of halogens is 1. The highest BCUT2D eigenvalue weighted by molar-refractivity contribution is 8.00. The smallest absolute Gasteiger partial charge is 0.234 e. The van der Waals surface area contributed by atoms with Crippen LogP contribution in [0.1, 0.15) is 11.1 Å². The number of nitrogens with one attached hydrogen (secondary N) is 1. The standard InChI is InChI=1S/C24H19ClN2OS/c25-20-11-5-7-13-22(20)26-23(28)16-29-24-19(14-17-8-2-1-3-9-17)15-18-10-4-6-12-21(18)27-24/h1-13,15H,14,16H2,(H,26,28). The van der Waals surface area contributed by atoms with E-state index in [9.17, 15) is 4.79 Å². The van der Waals surface area contributed by atoms with E-state index in [2.05, 4.69) is 29.6 Å². The van der Waals surface area contributed by atoms with E-state index in [1.54, 1.807) is 12.1 Å². The van der Waals surface area contributed by atoms with Crippen molar-refractivity contribution in [3.05, 3.63) is 101 Å². The molecule has 144 valence electrons. The molecule has 1 aromatic heterocycles. The van der Waals surface area contributed by atoms with Crippen LogP contribution in [0.25, 0.3) is 10.9 Å². The van der Waals surface area contributed by atoms with Gasteiger partial charge in [0.05, 0.1) is 22.0 Å². The lowest BCUT2D eigenvalue weighted by atomic mass is 10.0. The first-order valence-corrected chi connectivity index (χ1v) is 10.7. The summed E-state index contributed by atoms with van der Waals surface area (Å²) in [4.78, 5) is 17.3. The van der Waals surface area contributed by atoms with Crippen LogP contribution in [-0.2, 0) is 11.2 Å². The Hall–Kier alpha value is -2.82. The van der Waals surface area contributed by atoms with Gasteiger partial charge >= 0.3 is 0 Å². The molecule has 3 nitrogen and oxygen atoms in total. The molecule has 0 spiro atoms. The van der Waals surface area contributed by atoms with Gasteiger partial charge in [0.15, 0.2) is 0 Å². The Morgan fingerprint density at radius 1 is 0.931 bits per heavy atom. The quantitative estimate of drug-likeness (QED) is 0.378. The fourth-order valence-corrected chi connectivity index (χ4v) is 4.09. The number of benzene rings is 3. The number of carbonyl (C=O) groups excluding carboxylic acids is 1. The molecule has 0 radical (unpaired) electrons. The minimum Gasteiger partial charge on any atom is -0.324 e. The topological polar surface area (TPSA) is 42.0 Å².